The Morgan fingerprint density at radius 2 is 1.82 bits per heavy atom. The zero-order valence-electron chi connectivity index (χ0n) is 23.3. The molecule has 1 aliphatic rings. The molecular weight excluding hydrogens is 542 g/mol. The first kappa shape index (κ1) is 33.3. The number of carbonyl (C=O) groups is 2. The van der Waals surface area contributed by atoms with Gasteiger partial charge in [-0.3, -0.25) is 9.59 Å². The first-order valence-corrected chi connectivity index (χ1v) is 19.0. The van der Waals surface area contributed by atoms with Crippen LogP contribution in [0.3, 0.4) is 0 Å². The molecule has 0 amide bonds. The van der Waals surface area contributed by atoms with Gasteiger partial charge in [-0.05, 0) is 57.1 Å². The SMILES string of the molecule is CCOC(=O)C[C@@H](C[C@H]1CC(=O)C[C@@H](C[C@H](CCO[B]PS)OCc2ccc(OC)cc2)O1)O[Si](C)(C)C. The zero-order valence-corrected chi connectivity index (χ0v) is 26.2. The van der Waals surface area contributed by atoms with E-state index in [0.717, 1.165) is 11.3 Å². The fourth-order valence-corrected chi connectivity index (χ4v) is 6.00. The van der Waals surface area contributed by atoms with Crippen LogP contribution in [0.2, 0.25) is 19.6 Å². The Morgan fingerprint density at radius 3 is 2.39 bits per heavy atom. The summed E-state index contributed by atoms with van der Waals surface area (Å²) in [4.78, 5) is 24.9. The Bertz CT molecular complexity index is 842. The van der Waals surface area contributed by atoms with E-state index >= 15 is 0 Å². The fraction of sp³-hybridized carbons (Fsp3) is 0.692. The van der Waals surface area contributed by atoms with Gasteiger partial charge in [-0.25, -0.2) is 0 Å². The third-order valence-corrected chi connectivity index (χ3v) is 7.53. The molecule has 0 N–H and O–H groups in total. The molecule has 2 rings (SSSR count). The number of Topliss-reactive ketones (excluding diaryl/α,β-unsaturated/α-hetero) is 1. The number of ether oxygens (including phenoxy) is 4. The van der Waals surface area contributed by atoms with Gasteiger partial charge in [0, 0.05) is 25.9 Å². The lowest BCUT2D eigenvalue weighted by Crippen LogP contribution is -2.41. The molecule has 213 valence electrons. The van der Waals surface area contributed by atoms with Crippen molar-refractivity contribution in [1.29, 1.82) is 0 Å². The summed E-state index contributed by atoms with van der Waals surface area (Å²) < 4.78 is 34.8. The van der Waals surface area contributed by atoms with Crippen molar-refractivity contribution in [2.45, 2.75) is 96.1 Å². The monoisotopic (exact) mass is 585 g/mol. The van der Waals surface area contributed by atoms with Crippen LogP contribution in [0.25, 0.3) is 0 Å². The minimum Gasteiger partial charge on any atom is -0.497 e. The molecule has 12 heteroatoms. The second-order valence-electron chi connectivity index (χ2n) is 10.3. The lowest BCUT2D eigenvalue weighted by molar-refractivity contribution is -0.147. The van der Waals surface area contributed by atoms with Crippen LogP contribution in [0.15, 0.2) is 24.3 Å². The van der Waals surface area contributed by atoms with E-state index in [1.54, 1.807) is 21.2 Å². The number of rotatable bonds is 18. The predicted octanol–water partition coefficient (Wildman–Crippen LogP) is 5.11. The molecule has 1 unspecified atom stereocenters. The highest BCUT2D eigenvalue weighted by Crippen LogP contribution is 2.27. The van der Waals surface area contributed by atoms with E-state index in [-0.39, 0.29) is 42.6 Å². The maximum absolute atomic E-state index is 12.7. The van der Waals surface area contributed by atoms with Crippen molar-refractivity contribution in [2.75, 3.05) is 20.3 Å². The number of benzene rings is 1. The lowest BCUT2D eigenvalue weighted by Gasteiger charge is -2.34. The van der Waals surface area contributed by atoms with Gasteiger partial charge in [-0.15, -0.1) is 0 Å². The molecule has 5 atom stereocenters. The van der Waals surface area contributed by atoms with E-state index in [4.69, 9.17) is 28.0 Å². The van der Waals surface area contributed by atoms with Crippen molar-refractivity contribution in [3.63, 3.8) is 0 Å². The van der Waals surface area contributed by atoms with E-state index in [0.29, 0.717) is 59.6 Å². The van der Waals surface area contributed by atoms with Crippen molar-refractivity contribution in [3.8, 4) is 5.75 Å². The minimum absolute atomic E-state index is 0.154. The van der Waals surface area contributed by atoms with Gasteiger partial charge in [-0.2, -0.15) is 12.2 Å². The maximum Gasteiger partial charge on any atom is 0.332 e. The van der Waals surface area contributed by atoms with Crippen molar-refractivity contribution in [2.24, 2.45) is 0 Å². The lowest BCUT2D eigenvalue weighted by atomic mass is 9.94. The van der Waals surface area contributed by atoms with Gasteiger partial charge >= 0.3 is 13.2 Å². The highest BCUT2D eigenvalue weighted by molar-refractivity contribution is 8.46. The van der Waals surface area contributed by atoms with Gasteiger partial charge < -0.3 is 28.0 Å². The quantitative estimate of drug-likeness (QED) is 0.0836. The number of carbonyl (C=O) groups excluding carboxylic acids is 2. The number of methoxy groups -OCH3 is 1. The van der Waals surface area contributed by atoms with Crippen LogP contribution in [0.4, 0.5) is 0 Å². The molecule has 38 heavy (non-hydrogen) atoms. The third kappa shape index (κ3) is 13.9. The summed E-state index contributed by atoms with van der Waals surface area (Å²) in [7, 11) is 1.71. The Morgan fingerprint density at radius 1 is 1.16 bits per heavy atom. The van der Waals surface area contributed by atoms with Crippen molar-refractivity contribution >= 4 is 47.2 Å². The van der Waals surface area contributed by atoms with Crippen LogP contribution in [-0.2, 0) is 39.5 Å². The number of hydrogen-bond acceptors (Lipinski definition) is 9. The second kappa shape index (κ2) is 17.7. The van der Waals surface area contributed by atoms with E-state index in [1.807, 2.05) is 24.3 Å². The molecule has 0 saturated carbocycles. The highest BCUT2D eigenvalue weighted by atomic mass is 32.7. The molecular formula is C26H43BO8PSSi. The summed E-state index contributed by atoms with van der Waals surface area (Å²) in [5, 5.41) is 0. The van der Waals surface area contributed by atoms with Crippen LogP contribution >= 0.6 is 19.9 Å². The maximum atomic E-state index is 12.7. The number of ketones is 1. The average Bonchev–Trinajstić information content (AvgIpc) is 2.84. The molecule has 1 fully saturated rings. The molecule has 0 aliphatic carbocycles. The predicted molar refractivity (Wildman–Crippen MR) is 157 cm³/mol. The van der Waals surface area contributed by atoms with Gasteiger partial charge in [0.25, 0.3) is 0 Å². The van der Waals surface area contributed by atoms with E-state index in [9.17, 15) is 9.59 Å². The third-order valence-electron chi connectivity index (χ3n) is 5.91. The molecule has 0 bridgehead atoms. The molecule has 1 aromatic rings. The van der Waals surface area contributed by atoms with Crippen LogP contribution in [0, 0.1) is 0 Å². The second-order valence-corrected chi connectivity index (χ2v) is 16.1. The Kier molecular flexibility index (Phi) is 15.5. The molecule has 0 spiro atoms. The molecule has 1 heterocycles. The summed E-state index contributed by atoms with van der Waals surface area (Å²) in [5.41, 5.74) is 1.03. The topological polar surface area (TPSA) is 89.5 Å². The molecule has 1 saturated heterocycles. The Labute approximate surface area is 236 Å². The largest absolute Gasteiger partial charge is 0.497 e. The van der Waals surface area contributed by atoms with Crippen LogP contribution in [0.5, 0.6) is 5.75 Å². The molecule has 1 aromatic carbocycles. The van der Waals surface area contributed by atoms with E-state index < -0.39 is 8.32 Å². The van der Waals surface area contributed by atoms with Gasteiger partial charge in [0.2, 0.25) is 0 Å². The van der Waals surface area contributed by atoms with Gasteiger partial charge in [0.1, 0.15) is 11.5 Å². The van der Waals surface area contributed by atoms with Crippen molar-refractivity contribution in [1.82, 2.24) is 0 Å². The van der Waals surface area contributed by atoms with Crippen molar-refractivity contribution < 1.29 is 37.6 Å². The number of esters is 1. The van der Waals surface area contributed by atoms with Gasteiger partial charge in [0.05, 0.1) is 51.2 Å². The smallest absolute Gasteiger partial charge is 0.332 e. The summed E-state index contributed by atoms with van der Waals surface area (Å²) >= 11 is 4.17. The number of hydrogen-bond donors (Lipinski definition) is 1. The summed E-state index contributed by atoms with van der Waals surface area (Å²) in [5.74, 6) is 0.658. The standard InChI is InChI=1S/C26H43BO8PSSi/c1-6-31-26(29)17-25(35-38(3,4)5)16-24-14-20(28)13-23(34-24)15-22(11-12-33-27-36-37)32-18-19-7-9-21(30-2)10-8-19/h7-10,22-25,36-37H,6,11-18H2,1-5H3/t22-,23-,24+,25+/m0/s1. The van der Waals surface area contributed by atoms with Crippen LogP contribution < -0.4 is 4.74 Å². The first-order valence-electron chi connectivity index (χ1n) is 13.2. The van der Waals surface area contributed by atoms with E-state index in [2.05, 4.69) is 31.9 Å². The van der Waals surface area contributed by atoms with Crippen molar-refractivity contribution in [3.05, 3.63) is 29.8 Å². The molecule has 1 aliphatic heterocycles. The number of thiol groups is 1. The Hall–Kier alpha value is -0.938. The fourth-order valence-electron chi connectivity index (χ4n) is 4.40. The normalized spacial score (nSPS) is 19.9. The summed E-state index contributed by atoms with van der Waals surface area (Å²) in [6, 6.07) is 7.76. The summed E-state index contributed by atoms with van der Waals surface area (Å²) in [6.07, 6.45) is 1.46. The zero-order chi connectivity index (χ0) is 28.0. The molecule has 8 nitrogen and oxygen atoms in total. The van der Waals surface area contributed by atoms with Crippen LogP contribution in [0.1, 0.15) is 51.0 Å². The molecule has 0 aromatic heterocycles. The summed E-state index contributed by atoms with van der Waals surface area (Å²) in [6.45, 7) is 9.29. The van der Waals surface area contributed by atoms with Crippen LogP contribution in [-0.4, -0.2) is 72.0 Å². The van der Waals surface area contributed by atoms with Gasteiger partial charge in [-0.1, -0.05) is 19.8 Å². The minimum atomic E-state index is -1.92. The molecule has 1 radical (unpaired) electrons. The Balaban J connectivity index is 2.01. The van der Waals surface area contributed by atoms with E-state index in [1.165, 1.54) is 0 Å². The highest BCUT2D eigenvalue weighted by Gasteiger charge is 2.34. The van der Waals surface area contributed by atoms with Gasteiger partial charge in [0.15, 0.2) is 8.32 Å². The average molecular weight is 586 g/mol. The first-order chi connectivity index (χ1) is 18.1.